The van der Waals surface area contributed by atoms with E-state index in [9.17, 15) is 4.39 Å². The Labute approximate surface area is 104 Å². The quantitative estimate of drug-likeness (QED) is 0.902. The predicted octanol–water partition coefficient (Wildman–Crippen LogP) is 2.39. The molecular formula is C13H13FN2O2. The summed E-state index contributed by atoms with van der Waals surface area (Å²) in [7, 11) is 1.42. The molecule has 1 aromatic heterocycles. The SMILES string of the molecule is COc1cccc(COc2cccnc2N)c1F. The molecule has 0 spiro atoms. The summed E-state index contributed by atoms with van der Waals surface area (Å²) < 4.78 is 24.1. The first-order valence-corrected chi connectivity index (χ1v) is 5.37. The first-order valence-electron chi connectivity index (χ1n) is 5.37. The van der Waals surface area contributed by atoms with Crippen LogP contribution in [-0.4, -0.2) is 12.1 Å². The van der Waals surface area contributed by atoms with Crippen LogP contribution in [0.2, 0.25) is 0 Å². The van der Waals surface area contributed by atoms with Gasteiger partial charge in [-0.1, -0.05) is 12.1 Å². The van der Waals surface area contributed by atoms with Gasteiger partial charge in [-0.05, 0) is 18.2 Å². The van der Waals surface area contributed by atoms with Gasteiger partial charge in [-0.25, -0.2) is 9.37 Å². The van der Waals surface area contributed by atoms with Crippen molar-refractivity contribution >= 4 is 5.82 Å². The largest absolute Gasteiger partial charge is 0.494 e. The average Bonchev–Trinajstić information content (AvgIpc) is 2.39. The second-order valence-electron chi connectivity index (χ2n) is 3.61. The second kappa shape index (κ2) is 5.35. The number of nitrogens with two attached hydrogens (primary N) is 1. The molecule has 2 N–H and O–H groups in total. The van der Waals surface area contributed by atoms with Gasteiger partial charge >= 0.3 is 0 Å². The van der Waals surface area contributed by atoms with Gasteiger partial charge in [0.25, 0.3) is 0 Å². The smallest absolute Gasteiger partial charge is 0.171 e. The topological polar surface area (TPSA) is 57.4 Å². The lowest BCUT2D eigenvalue weighted by Gasteiger charge is -2.10. The van der Waals surface area contributed by atoms with E-state index in [4.69, 9.17) is 15.2 Å². The van der Waals surface area contributed by atoms with Crippen molar-refractivity contribution in [3.05, 3.63) is 47.9 Å². The number of benzene rings is 1. The van der Waals surface area contributed by atoms with E-state index >= 15 is 0 Å². The van der Waals surface area contributed by atoms with Crippen LogP contribution < -0.4 is 15.2 Å². The van der Waals surface area contributed by atoms with Crippen LogP contribution in [0.15, 0.2) is 36.5 Å². The molecule has 1 aromatic carbocycles. The molecule has 1 heterocycles. The Morgan fingerprint density at radius 2 is 2.00 bits per heavy atom. The maximum Gasteiger partial charge on any atom is 0.171 e. The van der Waals surface area contributed by atoms with Crippen LogP contribution in [0, 0.1) is 5.82 Å². The van der Waals surface area contributed by atoms with Gasteiger partial charge in [0.2, 0.25) is 0 Å². The third-order valence-corrected chi connectivity index (χ3v) is 2.45. The molecule has 0 fully saturated rings. The lowest BCUT2D eigenvalue weighted by Crippen LogP contribution is -2.02. The zero-order chi connectivity index (χ0) is 13.0. The minimum Gasteiger partial charge on any atom is -0.494 e. The normalized spacial score (nSPS) is 10.1. The van der Waals surface area contributed by atoms with E-state index < -0.39 is 5.82 Å². The van der Waals surface area contributed by atoms with Gasteiger partial charge in [-0.3, -0.25) is 0 Å². The number of nitrogens with zero attached hydrogens (tertiary/aromatic N) is 1. The van der Waals surface area contributed by atoms with Crippen LogP contribution in [-0.2, 0) is 6.61 Å². The highest BCUT2D eigenvalue weighted by Gasteiger charge is 2.09. The standard InChI is InChI=1S/C13H13FN2O2/c1-17-10-5-2-4-9(12(10)14)8-18-11-6-3-7-16-13(11)15/h2-7H,8H2,1H3,(H2,15,16). The van der Waals surface area contributed by atoms with Crippen molar-refractivity contribution in [3.63, 3.8) is 0 Å². The molecule has 0 atom stereocenters. The maximum absolute atomic E-state index is 13.8. The van der Waals surface area contributed by atoms with Gasteiger partial charge in [0, 0.05) is 11.8 Å². The molecule has 0 unspecified atom stereocenters. The number of nitrogen functional groups attached to an aromatic ring is 1. The summed E-state index contributed by atoms with van der Waals surface area (Å²) in [6, 6.07) is 8.27. The molecule has 0 bridgehead atoms. The lowest BCUT2D eigenvalue weighted by molar-refractivity contribution is 0.296. The summed E-state index contributed by atoms with van der Waals surface area (Å²) in [6.07, 6.45) is 1.56. The molecule has 0 aliphatic rings. The summed E-state index contributed by atoms with van der Waals surface area (Å²) in [5.74, 6) is 0.471. The number of methoxy groups -OCH3 is 1. The van der Waals surface area contributed by atoms with Crippen molar-refractivity contribution in [2.24, 2.45) is 0 Å². The number of hydrogen-bond acceptors (Lipinski definition) is 4. The Morgan fingerprint density at radius 1 is 1.22 bits per heavy atom. The highest BCUT2D eigenvalue weighted by Crippen LogP contribution is 2.23. The number of pyridine rings is 1. The molecule has 0 aliphatic heterocycles. The van der Waals surface area contributed by atoms with E-state index in [1.54, 1.807) is 36.5 Å². The monoisotopic (exact) mass is 248 g/mol. The number of anilines is 1. The fourth-order valence-corrected chi connectivity index (χ4v) is 1.51. The highest BCUT2D eigenvalue weighted by molar-refractivity contribution is 5.44. The molecule has 18 heavy (non-hydrogen) atoms. The zero-order valence-corrected chi connectivity index (χ0v) is 9.89. The Bertz CT molecular complexity index is 546. The third-order valence-electron chi connectivity index (χ3n) is 2.45. The third kappa shape index (κ3) is 2.51. The molecule has 0 radical (unpaired) electrons. The first kappa shape index (κ1) is 12.2. The summed E-state index contributed by atoms with van der Waals surface area (Å²) in [4.78, 5) is 3.88. The number of hydrogen-bond donors (Lipinski definition) is 1. The minimum atomic E-state index is -0.428. The van der Waals surface area contributed by atoms with Gasteiger partial charge in [0.1, 0.15) is 6.61 Å². The van der Waals surface area contributed by atoms with E-state index in [0.29, 0.717) is 11.3 Å². The van der Waals surface area contributed by atoms with Gasteiger partial charge in [-0.2, -0.15) is 0 Å². The van der Waals surface area contributed by atoms with E-state index in [1.807, 2.05) is 0 Å². The van der Waals surface area contributed by atoms with E-state index in [2.05, 4.69) is 4.98 Å². The fraction of sp³-hybridized carbons (Fsp3) is 0.154. The Hall–Kier alpha value is -2.30. The second-order valence-corrected chi connectivity index (χ2v) is 3.61. The molecule has 5 heteroatoms. The summed E-state index contributed by atoms with van der Waals surface area (Å²) in [5, 5.41) is 0. The van der Waals surface area contributed by atoms with Crippen LogP contribution in [0.3, 0.4) is 0 Å². The van der Waals surface area contributed by atoms with Crippen molar-refractivity contribution < 1.29 is 13.9 Å². The lowest BCUT2D eigenvalue weighted by atomic mass is 10.2. The van der Waals surface area contributed by atoms with Gasteiger partial charge in [0.15, 0.2) is 23.1 Å². The maximum atomic E-state index is 13.8. The van der Waals surface area contributed by atoms with Crippen molar-refractivity contribution in [2.75, 3.05) is 12.8 Å². The van der Waals surface area contributed by atoms with Crippen LogP contribution in [0.25, 0.3) is 0 Å². The Kier molecular flexibility index (Phi) is 3.62. The van der Waals surface area contributed by atoms with E-state index in [1.165, 1.54) is 7.11 Å². The molecule has 94 valence electrons. The number of halogens is 1. The average molecular weight is 248 g/mol. The molecule has 0 saturated heterocycles. The summed E-state index contributed by atoms with van der Waals surface area (Å²) in [6.45, 7) is 0.0684. The number of ether oxygens (including phenoxy) is 2. The number of rotatable bonds is 4. The van der Waals surface area contributed by atoms with Gasteiger partial charge in [0.05, 0.1) is 7.11 Å². The molecule has 4 nitrogen and oxygen atoms in total. The van der Waals surface area contributed by atoms with Gasteiger partial charge < -0.3 is 15.2 Å². The van der Waals surface area contributed by atoms with Crippen LogP contribution >= 0.6 is 0 Å². The summed E-state index contributed by atoms with van der Waals surface area (Å²) >= 11 is 0. The molecule has 0 aliphatic carbocycles. The van der Waals surface area contributed by atoms with Crippen LogP contribution in [0.4, 0.5) is 10.2 Å². The summed E-state index contributed by atoms with van der Waals surface area (Å²) in [5.41, 5.74) is 6.02. The molecule has 2 aromatic rings. The van der Waals surface area contributed by atoms with Crippen LogP contribution in [0.1, 0.15) is 5.56 Å². The molecule has 0 amide bonds. The van der Waals surface area contributed by atoms with E-state index in [-0.39, 0.29) is 18.2 Å². The zero-order valence-electron chi connectivity index (χ0n) is 9.89. The Balaban J connectivity index is 2.14. The van der Waals surface area contributed by atoms with Crippen molar-refractivity contribution in [1.29, 1.82) is 0 Å². The molecule has 2 rings (SSSR count). The molecular weight excluding hydrogens is 235 g/mol. The Morgan fingerprint density at radius 3 is 2.72 bits per heavy atom. The van der Waals surface area contributed by atoms with Crippen LogP contribution in [0.5, 0.6) is 11.5 Å². The van der Waals surface area contributed by atoms with E-state index in [0.717, 1.165) is 0 Å². The predicted molar refractivity (Wildman–Crippen MR) is 65.9 cm³/mol. The van der Waals surface area contributed by atoms with Gasteiger partial charge in [-0.15, -0.1) is 0 Å². The highest BCUT2D eigenvalue weighted by atomic mass is 19.1. The first-order chi connectivity index (χ1) is 8.72. The molecule has 0 saturated carbocycles. The van der Waals surface area contributed by atoms with Crippen molar-refractivity contribution in [3.8, 4) is 11.5 Å². The fourth-order valence-electron chi connectivity index (χ4n) is 1.51. The van der Waals surface area contributed by atoms with Crippen molar-refractivity contribution in [1.82, 2.24) is 4.98 Å². The van der Waals surface area contributed by atoms with Crippen molar-refractivity contribution in [2.45, 2.75) is 6.61 Å². The number of aromatic nitrogens is 1. The minimum absolute atomic E-state index is 0.0684.